The Labute approximate surface area is 91.2 Å². The first-order valence-electron chi connectivity index (χ1n) is 4.26. The van der Waals surface area contributed by atoms with Crippen molar-refractivity contribution in [2.45, 2.75) is 17.1 Å². The van der Waals surface area contributed by atoms with Crippen molar-refractivity contribution in [1.82, 2.24) is 5.43 Å². The predicted octanol–water partition coefficient (Wildman–Crippen LogP) is 0.878. The Hall–Kier alpha value is -1.27. The lowest BCUT2D eigenvalue weighted by atomic mass is 10.3. The van der Waals surface area contributed by atoms with Crippen LogP contribution in [-0.4, -0.2) is 11.2 Å². The lowest BCUT2D eigenvalue weighted by Gasteiger charge is -2.10. The Morgan fingerprint density at radius 3 is 2.80 bits per heavy atom. The van der Waals surface area contributed by atoms with Gasteiger partial charge in [-0.05, 0) is 25.1 Å². The van der Waals surface area contributed by atoms with E-state index in [0.29, 0.717) is 10.6 Å². The first-order chi connectivity index (χ1) is 7.04. The standard InChI is InChI=1S/C9H12FN3OS/c1-5(9(14)13-12)15-8-3-2-6(11)4-7(8)10/h2-5H,11-12H2,1H3,(H,13,14). The van der Waals surface area contributed by atoms with Crippen LogP contribution in [0.4, 0.5) is 10.1 Å². The van der Waals surface area contributed by atoms with Gasteiger partial charge in [-0.2, -0.15) is 0 Å². The van der Waals surface area contributed by atoms with Crippen LogP contribution in [0, 0.1) is 5.82 Å². The zero-order valence-electron chi connectivity index (χ0n) is 8.16. The minimum atomic E-state index is -0.451. The lowest BCUT2D eigenvalue weighted by molar-refractivity contribution is -0.120. The van der Waals surface area contributed by atoms with Crippen molar-refractivity contribution in [1.29, 1.82) is 0 Å². The molecule has 0 aliphatic carbocycles. The third-order valence-corrected chi connectivity index (χ3v) is 2.92. The fraction of sp³-hybridized carbons (Fsp3) is 0.222. The molecule has 0 radical (unpaired) electrons. The van der Waals surface area contributed by atoms with Crippen LogP contribution in [0.1, 0.15) is 6.92 Å². The van der Waals surface area contributed by atoms with Crippen molar-refractivity contribution in [2.75, 3.05) is 5.73 Å². The minimum absolute atomic E-state index is 0.351. The fourth-order valence-corrected chi connectivity index (χ4v) is 1.85. The van der Waals surface area contributed by atoms with Crippen LogP contribution in [-0.2, 0) is 4.79 Å². The van der Waals surface area contributed by atoms with E-state index in [1.807, 2.05) is 5.43 Å². The molecule has 0 aromatic heterocycles. The van der Waals surface area contributed by atoms with Gasteiger partial charge in [-0.3, -0.25) is 10.2 Å². The lowest BCUT2D eigenvalue weighted by Crippen LogP contribution is -2.36. The summed E-state index contributed by atoms with van der Waals surface area (Å²) in [6, 6.07) is 4.34. The predicted molar refractivity (Wildman–Crippen MR) is 58.5 cm³/mol. The number of anilines is 1. The molecule has 1 unspecified atom stereocenters. The molecule has 0 heterocycles. The highest BCUT2D eigenvalue weighted by Crippen LogP contribution is 2.27. The highest BCUT2D eigenvalue weighted by molar-refractivity contribution is 8.00. The monoisotopic (exact) mass is 229 g/mol. The number of thioether (sulfide) groups is 1. The fourth-order valence-electron chi connectivity index (χ4n) is 0.974. The van der Waals surface area contributed by atoms with Gasteiger partial charge >= 0.3 is 0 Å². The Kier molecular flexibility index (Phi) is 3.93. The number of amides is 1. The summed E-state index contributed by atoms with van der Waals surface area (Å²) in [6.45, 7) is 1.64. The molecule has 0 saturated carbocycles. The van der Waals surface area contributed by atoms with E-state index in [1.165, 1.54) is 12.1 Å². The van der Waals surface area contributed by atoms with Crippen molar-refractivity contribution in [3.05, 3.63) is 24.0 Å². The van der Waals surface area contributed by atoms with E-state index in [-0.39, 0.29) is 5.91 Å². The maximum atomic E-state index is 13.3. The highest BCUT2D eigenvalue weighted by atomic mass is 32.2. The Balaban J connectivity index is 2.76. The molecule has 6 heteroatoms. The van der Waals surface area contributed by atoms with Crippen LogP contribution in [0.5, 0.6) is 0 Å². The molecule has 82 valence electrons. The maximum absolute atomic E-state index is 13.3. The van der Waals surface area contributed by atoms with E-state index >= 15 is 0 Å². The molecule has 1 rings (SSSR count). The smallest absolute Gasteiger partial charge is 0.247 e. The van der Waals surface area contributed by atoms with Gasteiger partial charge in [0.2, 0.25) is 5.91 Å². The minimum Gasteiger partial charge on any atom is -0.399 e. The number of hydrogen-bond donors (Lipinski definition) is 3. The number of rotatable bonds is 3. The number of benzene rings is 1. The number of carbonyl (C=O) groups excluding carboxylic acids is 1. The molecular formula is C9H12FN3OS. The molecule has 1 amide bonds. The number of carbonyl (C=O) groups is 1. The molecular weight excluding hydrogens is 217 g/mol. The quantitative estimate of drug-likeness (QED) is 0.236. The van der Waals surface area contributed by atoms with Gasteiger partial charge in [0, 0.05) is 10.6 Å². The van der Waals surface area contributed by atoms with E-state index in [1.54, 1.807) is 13.0 Å². The molecule has 1 aromatic rings. The SMILES string of the molecule is CC(Sc1ccc(N)cc1F)C(=O)NN. The van der Waals surface area contributed by atoms with Crippen LogP contribution in [0.3, 0.4) is 0 Å². The summed E-state index contributed by atoms with van der Waals surface area (Å²) in [6.07, 6.45) is 0. The van der Waals surface area contributed by atoms with Gasteiger partial charge in [0.05, 0.1) is 5.25 Å². The molecule has 0 fully saturated rings. The number of halogens is 1. The molecule has 0 aliphatic heterocycles. The largest absolute Gasteiger partial charge is 0.399 e. The van der Waals surface area contributed by atoms with Crippen LogP contribution in [0.25, 0.3) is 0 Å². The molecule has 0 bridgehead atoms. The van der Waals surface area contributed by atoms with Gasteiger partial charge in [-0.1, -0.05) is 0 Å². The van der Waals surface area contributed by atoms with Gasteiger partial charge in [0.1, 0.15) is 5.82 Å². The Bertz CT molecular complexity index is 372. The van der Waals surface area contributed by atoms with Gasteiger partial charge in [-0.25, -0.2) is 10.2 Å². The molecule has 15 heavy (non-hydrogen) atoms. The van der Waals surface area contributed by atoms with Crippen molar-refractivity contribution >= 4 is 23.4 Å². The van der Waals surface area contributed by atoms with E-state index in [0.717, 1.165) is 11.8 Å². The number of hydrogen-bond acceptors (Lipinski definition) is 4. The number of nitrogens with one attached hydrogen (secondary N) is 1. The summed E-state index contributed by atoms with van der Waals surface area (Å²) in [4.78, 5) is 11.5. The van der Waals surface area contributed by atoms with Crippen LogP contribution >= 0.6 is 11.8 Å². The van der Waals surface area contributed by atoms with E-state index in [2.05, 4.69) is 0 Å². The summed E-state index contributed by atoms with van der Waals surface area (Å²) in [5, 5.41) is -0.451. The first kappa shape index (κ1) is 11.8. The zero-order valence-corrected chi connectivity index (χ0v) is 8.98. The molecule has 5 N–H and O–H groups in total. The van der Waals surface area contributed by atoms with E-state index in [4.69, 9.17) is 11.6 Å². The number of nitrogen functional groups attached to an aromatic ring is 1. The first-order valence-corrected chi connectivity index (χ1v) is 5.14. The van der Waals surface area contributed by atoms with Crippen LogP contribution in [0.15, 0.2) is 23.1 Å². The van der Waals surface area contributed by atoms with Crippen molar-refractivity contribution in [3.8, 4) is 0 Å². The third kappa shape index (κ3) is 3.10. The van der Waals surface area contributed by atoms with Crippen molar-refractivity contribution in [3.63, 3.8) is 0 Å². The van der Waals surface area contributed by atoms with Crippen LogP contribution < -0.4 is 17.0 Å². The molecule has 1 atom stereocenters. The van der Waals surface area contributed by atoms with Gasteiger partial charge < -0.3 is 5.73 Å². The second-order valence-corrected chi connectivity index (χ2v) is 4.34. The average molecular weight is 229 g/mol. The third-order valence-electron chi connectivity index (χ3n) is 1.77. The Morgan fingerprint density at radius 1 is 1.60 bits per heavy atom. The summed E-state index contributed by atoms with van der Waals surface area (Å²) in [7, 11) is 0. The average Bonchev–Trinajstić information content (AvgIpc) is 2.20. The van der Waals surface area contributed by atoms with Gasteiger partial charge in [-0.15, -0.1) is 11.8 Å². The molecule has 0 saturated heterocycles. The van der Waals surface area contributed by atoms with Crippen LogP contribution in [0.2, 0.25) is 0 Å². The molecule has 0 spiro atoms. The van der Waals surface area contributed by atoms with Gasteiger partial charge in [0.25, 0.3) is 0 Å². The summed E-state index contributed by atoms with van der Waals surface area (Å²) >= 11 is 1.09. The second-order valence-electron chi connectivity index (χ2n) is 2.96. The van der Waals surface area contributed by atoms with E-state index < -0.39 is 11.1 Å². The molecule has 4 nitrogen and oxygen atoms in total. The van der Waals surface area contributed by atoms with Crippen molar-refractivity contribution in [2.24, 2.45) is 5.84 Å². The molecule has 0 aliphatic rings. The van der Waals surface area contributed by atoms with E-state index in [9.17, 15) is 9.18 Å². The van der Waals surface area contributed by atoms with Crippen molar-refractivity contribution < 1.29 is 9.18 Å². The highest BCUT2D eigenvalue weighted by Gasteiger charge is 2.15. The second kappa shape index (κ2) is 4.99. The summed E-state index contributed by atoms with van der Waals surface area (Å²) in [5.41, 5.74) is 7.76. The summed E-state index contributed by atoms with van der Waals surface area (Å²) < 4.78 is 13.3. The molecule has 1 aromatic carbocycles. The maximum Gasteiger partial charge on any atom is 0.247 e. The van der Waals surface area contributed by atoms with Gasteiger partial charge in [0.15, 0.2) is 0 Å². The number of hydrazine groups is 1. The topological polar surface area (TPSA) is 81.1 Å². The number of nitrogens with two attached hydrogens (primary N) is 2. The summed E-state index contributed by atoms with van der Waals surface area (Å²) in [5.74, 6) is 4.18. The Morgan fingerprint density at radius 2 is 2.27 bits per heavy atom. The zero-order chi connectivity index (χ0) is 11.4. The normalized spacial score (nSPS) is 12.2.